The number of carbonyl (C=O) groups excluding carboxylic acids is 2. The highest BCUT2D eigenvalue weighted by atomic mass is 35.5. The topological polar surface area (TPSA) is 49.4 Å². The van der Waals surface area contributed by atoms with Crippen LogP contribution < -0.4 is 5.32 Å². The number of carbonyl (C=O) groups is 2. The Hall–Kier alpha value is -2.33. The number of anilines is 1. The third-order valence-electron chi connectivity index (χ3n) is 6.79. The number of halogens is 1. The number of nitrogens with zero attached hydrogens (tertiary/aromatic N) is 1. The second-order valence-electron chi connectivity index (χ2n) is 8.95. The molecule has 0 radical (unpaired) electrons. The zero-order chi connectivity index (χ0) is 21.8. The first-order valence-electron chi connectivity index (χ1n) is 11.5. The molecule has 2 fully saturated rings. The predicted octanol–water partition coefficient (Wildman–Crippen LogP) is 5.66. The predicted molar refractivity (Wildman–Crippen MR) is 125 cm³/mol. The molecule has 2 aromatic carbocycles. The molecule has 2 unspecified atom stereocenters. The summed E-state index contributed by atoms with van der Waals surface area (Å²) in [4.78, 5) is 28.3. The number of likely N-dealkylation sites (tertiary alicyclic amines) is 1. The van der Waals surface area contributed by atoms with Gasteiger partial charge < -0.3 is 10.2 Å². The molecule has 31 heavy (non-hydrogen) atoms. The van der Waals surface area contributed by atoms with Gasteiger partial charge in [0.2, 0.25) is 11.8 Å². The standard InChI is InChI=1S/C26H31ClN2O2/c1-2-18-10-12-19(13-11-18)21-14-22(25(30)28-24-9-5-8-23(27)15-24)17-29(16-21)26(31)20-6-3-4-7-20/h5,8-13,15,20-22H,2-4,6-7,14,16-17H2,1H3,(H,28,30). The van der Waals surface area contributed by atoms with Crippen molar-refractivity contribution in [3.63, 3.8) is 0 Å². The fourth-order valence-corrected chi connectivity index (χ4v) is 5.17. The van der Waals surface area contributed by atoms with Crippen LogP contribution in [0.4, 0.5) is 5.69 Å². The minimum atomic E-state index is -0.242. The Morgan fingerprint density at radius 3 is 2.45 bits per heavy atom. The number of rotatable bonds is 5. The van der Waals surface area contributed by atoms with Crippen molar-refractivity contribution in [2.24, 2.45) is 11.8 Å². The van der Waals surface area contributed by atoms with Crippen LogP contribution in [-0.4, -0.2) is 29.8 Å². The Morgan fingerprint density at radius 2 is 1.77 bits per heavy atom. The Balaban J connectivity index is 1.54. The SMILES string of the molecule is CCc1ccc(C2CC(C(=O)Nc3cccc(Cl)c3)CN(C(=O)C3CCCC3)C2)cc1. The summed E-state index contributed by atoms with van der Waals surface area (Å²) in [5.74, 6) is 0.237. The van der Waals surface area contributed by atoms with Crippen molar-refractivity contribution >= 4 is 29.1 Å². The number of amides is 2. The first-order chi connectivity index (χ1) is 15.0. The van der Waals surface area contributed by atoms with E-state index in [1.807, 2.05) is 17.0 Å². The summed E-state index contributed by atoms with van der Waals surface area (Å²) in [6.07, 6.45) is 5.96. The van der Waals surface area contributed by atoms with E-state index in [2.05, 4.69) is 36.5 Å². The molecular weight excluding hydrogens is 408 g/mol. The number of aryl methyl sites for hydroxylation is 1. The van der Waals surface area contributed by atoms with E-state index in [0.717, 1.165) is 38.5 Å². The molecule has 1 aliphatic heterocycles. The molecule has 0 spiro atoms. The fourth-order valence-electron chi connectivity index (χ4n) is 4.98. The van der Waals surface area contributed by atoms with Gasteiger partial charge in [0.05, 0.1) is 5.92 Å². The van der Waals surface area contributed by atoms with E-state index in [4.69, 9.17) is 11.6 Å². The monoisotopic (exact) mass is 438 g/mol. The Kier molecular flexibility index (Phi) is 6.96. The normalized spacial score (nSPS) is 21.8. The fraction of sp³-hybridized carbons (Fsp3) is 0.462. The van der Waals surface area contributed by atoms with Crippen LogP contribution in [-0.2, 0) is 16.0 Å². The largest absolute Gasteiger partial charge is 0.341 e. The van der Waals surface area contributed by atoms with Crippen molar-refractivity contribution in [3.05, 3.63) is 64.7 Å². The van der Waals surface area contributed by atoms with Gasteiger partial charge in [-0.1, -0.05) is 61.7 Å². The van der Waals surface area contributed by atoms with Crippen molar-refractivity contribution in [2.45, 2.75) is 51.4 Å². The van der Waals surface area contributed by atoms with E-state index in [1.54, 1.807) is 12.1 Å². The van der Waals surface area contributed by atoms with E-state index >= 15 is 0 Å². The molecule has 2 aliphatic rings. The minimum absolute atomic E-state index is 0.0404. The van der Waals surface area contributed by atoms with Crippen molar-refractivity contribution in [1.82, 2.24) is 4.90 Å². The van der Waals surface area contributed by atoms with Crippen LogP contribution in [0.3, 0.4) is 0 Å². The Morgan fingerprint density at radius 1 is 1.03 bits per heavy atom. The van der Waals surface area contributed by atoms with E-state index in [-0.39, 0.29) is 29.6 Å². The molecule has 1 saturated carbocycles. The Labute approximate surface area is 190 Å². The summed E-state index contributed by atoms with van der Waals surface area (Å²) in [6.45, 7) is 3.33. The third kappa shape index (κ3) is 5.30. The Bertz CT molecular complexity index is 921. The van der Waals surface area contributed by atoms with E-state index in [9.17, 15) is 9.59 Å². The molecule has 4 rings (SSSR count). The summed E-state index contributed by atoms with van der Waals surface area (Å²) in [5, 5.41) is 3.60. The molecule has 164 valence electrons. The van der Waals surface area contributed by atoms with Crippen LogP contribution in [0.2, 0.25) is 5.02 Å². The maximum Gasteiger partial charge on any atom is 0.229 e. The molecule has 1 aliphatic carbocycles. The van der Waals surface area contributed by atoms with Gasteiger partial charge in [0.1, 0.15) is 0 Å². The average molecular weight is 439 g/mol. The highest BCUT2D eigenvalue weighted by Crippen LogP contribution is 2.34. The van der Waals surface area contributed by atoms with E-state index < -0.39 is 0 Å². The van der Waals surface area contributed by atoms with Crippen LogP contribution in [0.5, 0.6) is 0 Å². The average Bonchev–Trinajstić information content (AvgIpc) is 3.33. The first-order valence-corrected chi connectivity index (χ1v) is 11.9. The van der Waals surface area contributed by atoms with Gasteiger partial charge in [-0.2, -0.15) is 0 Å². The number of hydrogen-bond acceptors (Lipinski definition) is 2. The summed E-state index contributed by atoms with van der Waals surface area (Å²) >= 11 is 6.08. The number of nitrogens with one attached hydrogen (secondary N) is 1. The van der Waals surface area contributed by atoms with Gasteiger partial charge in [-0.05, 0) is 55.0 Å². The smallest absolute Gasteiger partial charge is 0.229 e. The van der Waals surface area contributed by atoms with Crippen molar-refractivity contribution < 1.29 is 9.59 Å². The molecule has 2 amide bonds. The van der Waals surface area contributed by atoms with Crippen LogP contribution >= 0.6 is 11.6 Å². The van der Waals surface area contributed by atoms with Crippen LogP contribution in [0.1, 0.15) is 56.1 Å². The van der Waals surface area contributed by atoms with Crippen molar-refractivity contribution in [2.75, 3.05) is 18.4 Å². The van der Waals surface area contributed by atoms with Crippen molar-refractivity contribution in [3.8, 4) is 0 Å². The number of benzene rings is 2. The molecule has 1 N–H and O–H groups in total. The van der Waals surface area contributed by atoms with Gasteiger partial charge in [-0.15, -0.1) is 0 Å². The summed E-state index contributed by atoms with van der Waals surface area (Å²) < 4.78 is 0. The lowest BCUT2D eigenvalue weighted by Gasteiger charge is -2.38. The number of hydrogen-bond donors (Lipinski definition) is 1. The second-order valence-corrected chi connectivity index (χ2v) is 9.39. The summed E-state index contributed by atoms with van der Waals surface area (Å²) in [7, 11) is 0. The quantitative estimate of drug-likeness (QED) is 0.654. The van der Waals surface area contributed by atoms with E-state index in [0.29, 0.717) is 23.8 Å². The van der Waals surface area contributed by atoms with Crippen LogP contribution in [0.15, 0.2) is 48.5 Å². The first kappa shape index (κ1) is 21.9. The van der Waals surface area contributed by atoms with Gasteiger partial charge in [0.25, 0.3) is 0 Å². The molecular formula is C26H31ClN2O2. The van der Waals surface area contributed by atoms with Crippen LogP contribution in [0, 0.1) is 11.8 Å². The van der Waals surface area contributed by atoms with Gasteiger partial charge >= 0.3 is 0 Å². The lowest BCUT2D eigenvalue weighted by atomic mass is 9.83. The molecule has 2 aromatic rings. The molecule has 4 nitrogen and oxygen atoms in total. The highest BCUT2D eigenvalue weighted by Gasteiger charge is 2.37. The molecule has 0 aromatic heterocycles. The van der Waals surface area contributed by atoms with Gasteiger partial charge in [0.15, 0.2) is 0 Å². The van der Waals surface area contributed by atoms with Gasteiger partial charge in [-0.3, -0.25) is 9.59 Å². The maximum absolute atomic E-state index is 13.2. The van der Waals surface area contributed by atoms with Crippen molar-refractivity contribution in [1.29, 1.82) is 0 Å². The van der Waals surface area contributed by atoms with Gasteiger partial charge in [-0.25, -0.2) is 0 Å². The van der Waals surface area contributed by atoms with Crippen LogP contribution in [0.25, 0.3) is 0 Å². The summed E-state index contributed by atoms with van der Waals surface area (Å²) in [5.41, 5.74) is 3.20. The molecule has 1 heterocycles. The molecule has 1 saturated heterocycles. The molecule has 0 bridgehead atoms. The lowest BCUT2D eigenvalue weighted by Crippen LogP contribution is -2.48. The lowest BCUT2D eigenvalue weighted by molar-refractivity contribution is -0.138. The minimum Gasteiger partial charge on any atom is -0.341 e. The second kappa shape index (κ2) is 9.86. The summed E-state index contributed by atoms with van der Waals surface area (Å²) in [6, 6.07) is 15.9. The zero-order valence-electron chi connectivity index (χ0n) is 18.1. The third-order valence-corrected chi connectivity index (χ3v) is 7.02. The zero-order valence-corrected chi connectivity index (χ0v) is 18.9. The van der Waals surface area contributed by atoms with E-state index in [1.165, 1.54) is 11.1 Å². The maximum atomic E-state index is 13.2. The highest BCUT2D eigenvalue weighted by molar-refractivity contribution is 6.30. The number of piperidine rings is 1. The molecule has 2 atom stereocenters. The van der Waals surface area contributed by atoms with Gasteiger partial charge in [0, 0.05) is 35.6 Å². The molecule has 5 heteroatoms.